The number of rotatable bonds is 11. The number of nitrogens with zero attached hydrogens (tertiary/aromatic N) is 2. The van der Waals surface area contributed by atoms with Crippen molar-refractivity contribution in [3.8, 4) is 5.75 Å². The number of carbonyl (C=O) groups excluding carboxylic acids is 3. The van der Waals surface area contributed by atoms with E-state index in [0.717, 1.165) is 24.3 Å². The van der Waals surface area contributed by atoms with Gasteiger partial charge in [0.05, 0.1) is 19.6 Å². The fourth-order valence-electron chi connectivity index (χ4n) is 3.89. The summed E-state index contributed by atoms with van der Waals surface area (Å²) < 4.78 is 5.16. The topological polar surface area (TPSA) is 142 Å². The van der Waals surface area contributed by atoms with Gasteiger partial charge in [0.15, 0.2) is 5.82 Å². The van der Waals surface area contributed by atoms with Crippen LogP contribution in [0.3, 0.4) is 0 Å². The third-order valence-electron chi connectivity index (χ3n) is 5.60. The number of aliphatic carboxylic acids is 1. The van der Waals surface area contributed by atoms with Gasteiger partial charge in [-0.05, 0) is 49.8 Å². The number of likely N-dealkylation sites (tertiary alicyclic amines) is 1. The first-order valence-corrected chi connectivity index (χ1v) is 10.9. The Kier molecular flexibility index (Phi) is 8.17. The van der Waals surface area contributed by atoms with Crippen molar-refractivity contribution in [3.05, 3.63) is 47.5 Å². The van der Waals surface area contributed by atoms with E-state index in [0.29, 0.717) is 32.1 Å². The Bertz CT molecular complexity index is 987. The predicted octanol–water partition coefficient (Wildman–Crippen LogP) is 1.36. The maximum absolute atomic E-state index is 12.9. The van der Waals surface area contributed by atoms with Crippen LogP contribution in [0.4, 0.5) is 0 Å². The Hall–Kier alpha value is -3.69. The molecule has 3 rings (SSSR count). The number of carboxylic acids is 1. The maximum Gasteiger partial charge on any atom is 0.305 e. The first-order chi connectivity index (χ1) is 15.9. The number of carboxylic acid groups (broad SMARTS) is 1. The molecule has 176 valence electrons. The van der Waals surface area contributed by atoms with Gasteiger partial charge < -0.3 is 29.8 Å². The van der Waals surface area contributed by atoms with Crippen molar-refractivity contribution < 1.29 is 29.0 Å². The highest BCUT2D eigenvalue weighted by Gasteiger charge is 2.36. The van der Waals surface area contributed by atoms with Crippen LogP contribution in [0, 0.1) is 0 Å². The largest absolute Gasteiger partial charge is 0.497 e. The molecule has 10 heteroatoms. The van der Waals surface area contributed by atoms with Gasteiger partial charge in [0.25, 0.3) is 5.91 Å². The van der Waals surface area contributed by atoms with Crippen LogP contribution < -0.4 is 10.1 Å². The van der Waals surface area contributed by atoms with E-state index in [1.165, 1.54) is 10.5 Å². The maximum atomic E-state index is 12.9. The summed E-state index contributed by atoms with van der Waals surface area (Å²) in [7, 11) is 1.63. The Balaban J connectivity index is 1.55. The monoisotopic (exact) mass is 456 g/mol. The van der Waals surface area contributed by atoms with Gasteiger partial charge in [-0.15, -0.1) is 0 Å². The van der Waals surface area contributed by atoms with Gasteiger partial charge in [-0.3, -0.25) is 14.4 Å². The van der Waals surface area contributed by atoms with Crippen LogP contribution in [-0.2, 0) is 27.2 Å². The lowest BCUT2D eigenvalue weighted by atomic mass is 10.1. The SMILES string of the molecule is COc1ccc(CCCc2cnc(C(=O)N3CCC[C@@H]3C(=O)NC(C=O)CC(=O)O)[nH]2)cc1. The summed E-state index contributed by atoms with van der Waals surface area (Å²) in [4.78, 5) is 56.0. The summed E-state index contributed by atoms with van der Waals surface area (Å²) in [5.74, 6) is -1.15. The molecule has 1 aromatic carbocycles. The second kappa shape index (κ2) is 11.3. The molecule has 0 bridgehead atoms. The van der Waals surface area contributed by atoms with Gasteiger partial charge in [0, 0.05) is 18.4 Å². The van der Waals surface area contributed by atoms with Crippen LogP contribution in [0.15, 0.2) is 30.5 Å². The van der Waals surface area contributed by atoms with Gasteiger partial charge >= 0.3 is 5.97 Å². The number of aromatic amines is 1. The van der Waals surface area contributed by atoms with Crippen LogP contribution in [0.5, 0.6) is 5.75 Å². The molecule has 1 saturated heterocycles. The van der Waals surface area contributed by atoms with Gasteiger partial charge in [-0.2, -0.15) is 0 Å². The first-order valence-electron chi connectivity index (χ1n) is 10.9. The zero-order valence-electron chi connectivity index (χ0n) is 18.5. The summed E-state index contributed by atoms with van der Waals surface area (Å²) in [6.45, 7) is 0.384. The van der Waals surface area contributed by atoms with Crippen molar-refractivity contribution in [2.24, 2.45) is 0 Å². The number of nitrogens with one attached hydrogen (secondary N) is 2. The van der Waals surface area contributed by atoms with Crippen LogP contribution >= 0.6 is 0 Å². The molecule has 2 aromatic rings. The van der Waals surface area contributed by atoms with Crippen molar-refractivity contribution in [1.82, 2.24) is 20.2 Å². The first kappa shape index (κ1) is 24.0. The van der Waals surface area contributed by atoms with Crippen molar-refractivity contribution in [1.29, 1.82) is 0 Å². The highest BCUT2D eigenvalue weighted by atomic mass is 16.5. The second-order valence-corrected chi connectivity index (χ2v) is 7.96. The van der Waals surface area contributed by atoms with E-state index in [-0.39, 0.29) is 5.82 Å². The number of carbonyl (C=O) groups is 4. The molecular weight excluding hydrogens is 428 g/mol. The molecule has 10 nitrogen and oxygen atoms in total. The molecule has 1 fully saturated rings. The summed E-state index contributed by atoms with van der Waals surface area (Å²) in [5.41, 5.74) is 2.02. The predicted molar refractivity (Wildman–Crippen MR) is 118 cm³/mol. The number of hydrogen-bond acceptors (Lipinski definition) is 6. The summed E-state index contributed by atoms with van der Waals surface area (Å²) >= 11 is 0. The molecule has 2 amide bonds. The minimum Gasteiger partial charge on any atom is -0.497 e. The van der Waals surface area contributed by atoms with Crippen molar-refractivity contribution in [2.75, 3.05) is 13.7 Å². The Morgan fingerprint density at radius 2 is 2.06 bits per heavy atom. The van der Waals surface area contributed by atoms with Gasteiger partial charge in [0.1, 0.15) is 18.1 Å². The van der Waals surface area contributed by atoms with E-state index in [1.54, 1.807) is 13.3 Å². The fourth-order valence-corrected chi connectivity index (χ4v) is 3.89. The van der Waals surface area contributed by atoms with E-state index in [4.69, 9.17) is 9.84 Å². The molecule has 2 atom stereocenters. The molecule has 2 heterocycles. The number of aldehydes is 1. The lowest BCUT2D eigenvalue weighted by molar-refractivity contribution is -0.139. The number of aryl methyl sites for hydroxylation is 2. The third kappa shape index (κ3) is 6.41. The van der Waals surface area contributed by atoms with Gasteiger partial charge in [-0.25, -0.2) is 4.98 Å². The van der Waals surface area contributed by atoms with Gasteiger partial charge in [-0.1, -0.05) is 12.1 Å². The number of benzene rings is 1. The minimum atomic E-state index is -1.19. The van der Waals surface area contributed by atoms with Crippen LogP contribution in [0.1, 0.15) is 47.6 Å². The number of H-pyrrole nitrogens is 1. The molecule has 1 aromatic heterocycles. The van der Waals surface area contributed by atoms with Crippen LogP contribution in [0.25, 0.3) is 0 Å². The highest BCUT2D eigenvalue weighted by Crippen LogP contribution is 2.20. The summed E-state index contributed by atoms with van der Waals surface area (Å²) in [6, 6.07) is 5.98. The molecule has 1 unspecified atom stereocenters. The van der Waals surface area contributed by atoms with E-state index in [9.17, 15) is 19.2 Å². The summed E-state index contributed by atoms with van der Waals surface area (Å²) in [5, 5.41) is 11.3. The molecule has 0 aliphatic carbocycles. The standard InChI is InChI=1S/C23H28N4O6/c1-33-18-9-7-15(8-10-18)4-2-5-16-13-24-21(25-16)23(32)27-11-3-6-19(27)22(31)26-17(14-28)12-20(29)30/h7-10,13-14,17,19H,2-6,11-12H2,1H3,(H,24,25)(H,26,31)(H,29,30)/t17?,19-/m1/s1. The average Bonchev–Trinajstić information content (AvgIpc) is 3.48. The molecule has 3 N–H and O–H groups in total. The van der Waals surface area contributed by atoms with Gasteiger partial charge in [0.2, 0.25) is 5.91 Å². The van der Waals surface area contributed by atoms with E-state index in [2.05, 4.69) is 15.3 Å². The summed E-state index contributed by atoms with van der Waals surface area (Å²) in [6.07, 6.45) is 5.03. The lowest BCUT2D eigenvalue weighted by Crippen LogP contribution is -2.49. The quantitative estimate of drug-likeness (QED) is 0.433. The lowest BCUT2D eigenvalue weighted by Gasteiger charge is -2.24. The number of imidazole rings is 1. The smallest absolute Gasteiger partial charge is 0.305 e. The normalized spacial score (nSPS) is 16.3. The Morgan fingerprint density at radius 3 is 2.73 bits per heavy atom. The average molecular weight is 456 g/mol. The molecule has 1 aliphatic heterocycles. The number of amides is 2. The Morgan fingerprint density at radius 1 is 1.30 bits per heavy atom. The molecule has 1 aliphatic rings. The highest BCUT2D eigenvalue weighted by molar-refractivity contribution is 5.96. The van der Waals surface area contributed by atoms with E-state index in [1.807, 2.05) is 24.3 Å². The number of aromatic nitrogens is 2. The van der Waals surface area contributed by atoms with Crippen LogP contribution in [0.2, 0.25) is 0 Å². The second-order valence-electron chi connectivity index (χ2n) is 7.96. The zero-order chi connectivity index (χ0) is 23.8. The Labute approximate surface area is 191 Å². The molecule has 33 heavy (non-hydrogen) atoms. The number of hydrogen-bond donors (Lipinski definition) is 3. The van der Waals surface area contributed by atoms with Crippen molar-refractivity contribution in [3.63, 3.8) is 0 Å². The molecular formula is C23H28N4O6. The zero-order valence-corrected chi connectivity index (χ0v) is 18.5. The van der Waals surface area contributed by atoms with Crippen molar-refractivity contribution >= 4 is 24.1 Å². The minimum absolute atomic E-state index is 0.159. The van der Waals surface area contributed by atoms with Crippen molar-refractivity contribution in [2.45, 2.75) is 50.6 Å². The van der Waals surface area contributed by atoms with Crippen LogP contribution in [-0.4, -0.2) is 69.8 Å². The molecule has 0 radical (unpaired) electrons. The van der Waals surface area contributed by atoms with E-state index >= 15 is 0 Å². The fraction of sp³-hybridized carbons (Fsp3) is 0.435. The third-order valence-corrected chi connectivity index (χ3v) is 5.60. The number of methoxy groups -OCH3 is 1. The van der Waals surface area contributed by atoms with E-state index < -0.39 is 36.3 Å². The molecule has 0 saturated carbocycles. The molecule has 0 spiro atoms. The number of ether oxygens (including phenoxy) is 1.